The van der Waals surface area contributed by atoms with E-state index in [9.17, 15) is 4.79 Å². The van der Waals surface area contributed by atoms with Crippen LogP contribution in [0.15, 0.2) is 24.3 Å². The van der Waals surface area contributed by atoms with Gasteiger partial charge in [0.05, 0.1) is 13.2 Å². The van der Waals surface area contributed by atoms with Crippen molar-refractivity contribution in [2.24, 2.45) is 0 Å². The van der Waals surface area contributed by atoms with Crippen LogP contribution in [0.1, 0.15) is 24.9 Å². The number of halogens is 1. The maximum atomic E-state index is 12.4. The molecule has 0 aliphatic carbocycles. The summed E-state index contributed by atoms with van der Waals surface area (Å²) in [7, 11) is 1.66. The van der Waals surface area contributed by atoms with Gasteiger partial charge in [-0.3, -0.25) is 4.79 Å². The second-order valence-electron chi connectivity index (χ2n) is 5.10. The van der Waals surface area contributed by atoms with Gasteiger partial charge in [-0.2, -0.15) is 0 Å². The Morgan fingerprint density at radius 1 is 1.41 bits per heavy atom. The van der Waals surface area contributed by atoms with Crippen molar-refractivity contribution in [2.45, 2.75) is 19.4 Å². The number of para-hydroxylation sites is 1. The summed E-state index contributed by atoms with van der Waals surface area (Å²) in [4.78, 5) is 14.3. The van der Waals surface area contributed by atoms with Crippen molar-refractivity contribution in [3.8, 4) is 5.75 Å². The molecule has 0 saturated carbocycles. The zero-order valence-corrected chi connectivity index (χ0v) is 14.0. The number of carbonyl (C=O) groups excluding carboxylic acids is 1. The highest BCUT2D eigenvalue weighted by Gasteiger charge is 2.29. The van der Waals surface area contributed by atoms with Crippen molar-refractivity contribution in [1.82, 2.24) is 10.2 Å². The highest BCUT2D eigenvalue weighted by Crippen LogP contribution is 2.30. The van der Waals surface area contributed by atoms with Crippen molar-refractivity contribution in [3.05, 3.63) is 29.8 Å². The Morgan fingerprint density at radius 3 is 2.91 bits per heavy atom. The SMILES string of the molecule is CCCOCC(=O)N1CCNCC1c1ccccc1OC.Cl. The molecule has 0 bridgehead atoms. The molecule has 22 heavy (non-hydrogen) atoms. The lowest BCUT2D eigenvalue weighted by Gasteiger charge is -2.37. The van der Waals surface area contributed by atoms with E-state index in [0.29, 0.717) is 13.2 Å². The maximum Gasteiger partial charge on any atom is 0.249 e. The van der Waals surface area contributed by atoms with Gasteiger partial charge in [-0.15, -0.1) is 12.4 Å². The largest absolute Gasteiger partial charge is 0.496 e. The Morgan fingerprint density at radius 2 is 2.18 bits per heavy atom. The molecule has 1 aliphatic rings. The van der Waals surface area contributed by atoms with Crippen LogP contribution in [0.5, 0.6) is 5.75 Å². The zero-order chi connectivity index (χ0) is 15.1. The van der Waals surface area contributed by atoms with Crippen molar-refractivity contribution in [3.63, 3.8) is 0 Å². The number of rotatable bonds is 6. The minimum absolute atomic E-state index is 0. The first-order chi connectivity index (χ1) is 10.3. The lowest BCUT2D eigenvalue weighted by molar-refractivity contribution is -0.139. The first kappa shape index (κ1) is 18.7. The summed E-state index contributed by atoms with van der Waals surface area (Å²) in [6, 6.07) is 7.86. The molecule has 124 valence electrons. The molecule has 1 aliphatic heterocycles. The van der Waals surface area contributed by atoms with E-state index < -0.39 is 0 Å². The minimum Gasteiger partial charge on any atom is -0.496 e. The fourth-order valence-corrected chi connectivity index (χ4v) is 2.61. The van der Waals surface area contributed by atoms with Gasteiger partial charge < -0.3 is 19.7 Å². The number of ether oxygens (including phenoxy) is 2. The standard InChI is InChI=1S/C16H24N2O3.ClH/c1-3-10-21-12-16(19)18-9-8-17-11-14(18)13-6-4-5-7-15(13)20-2;/h4-7,14,17H,3,8-12H2,1-2H3;1H. The van der Waals surface area contributed by atoms with Crippen molar-refractivity contribution in [2.75, 3.05) is 40.0 Å². The molecule has 0 radical (unpaired) electrons. The molecule has 1 saturated heterocycles. The van der Waals surface area contributed by atoms with Crippen molar-refractivity contribution < 1.29 is 14.3 Å². The summed E-state index contributed by atoms with van der Waals surface area (Å²) in [5.41, 5.74) is 1.04. The van der Waals surface area contributed by atoms with Crippen LogP contribution in [0, 0.1) is 0 Å². The van der Waals surface area contributed by atoms with E-state index in [2.05, 4.69) is 5.32 Å². The van der Waals surface area contributed by atoms with Crippen LogP contribution in [0.25, 0.3) is 0 Å². The molecular formula is C16H25ClN2O3. The number of benzene rings is 1. The normalized spacial score (nSPS) is 17.7. The number of methoxy groups -OCH3 is 1. The lowest BCUT2D eigenvalue weighted by Crippen LogP contribution is -2.49. The average molecular weight is 329 g/mol. The topological polar surface area (TPSA) is 50.8 Å². The maximum absolute atomic E-state index is 12.4. The zero-order valence-electron chi connectivity index (χ0n) is 13.2. The van der Waals surface area contributed by atoms with E-state index in [-0.39, 0.29) is 31.0 Å². The Balaban J connectivity index is 0.00000242. The van der Waals surface area contributed by atoms with E-state index in [1.807, 2.05) is 36.1 Å². The molecular weight excluding hydrogens is 304 g/mol. The number of amides is 1. The molecule has 0 aromatic heterocycles. The number of hydrogen-bond donors (Lipinski definition) is 1. The third-order valence-electron chi connectivity index (χ3n) is 3.64. The summed E-state index contributed by atoms with van der Waals surface area (Å²) in [5.74, 6) is 0.860. The minimum atomic E-state index is -0.00683. The van der Waals surface area contributed by atoms with Gasteiger partial charge in [0.2, 0.25) is 5.91 Å². The highest BCUT2D eigenvalue weighted by atomic mass is 35.5. The van der Waals surface area contributed by atoms with Crippen LogP contribution in [0.2, 0.25) is 0 Å². The van der Waals surface area contributed by atoms with Gasteiger partial charge in [-0.1, -0.05) is 25.1 Å². The molecule has 1 unspecified atom stereocenters. The molecule has 0 spiro atoms. The van der Waals surface area contributed by atoms with Gasteiger partial charge in [-0.25, -0.2) is 0 Å². The Kier molecular flexibility index (Phi) is 8.24. The molecule has 5 nitrogen and oxygen atoms in total. The van der Waals surface area contributed by atoms with E-state index in [4.69, 9.17) is 9.47 Å². The Hall–Kier alpha value is -1.30. The molecule has 1 amide bonds. The number of hydrogen-bond acceptors (Lipinski definition) is 4. The lowest BCUT2D eigenvalue weighted by atomic mass is 10.0. The van der Waals surface area contributed by atoms with Crippen LogP contribution < -0.4 is 10.1 Å². The molecule has 1 aromatic rings. The van der Waals surface area contributed by atoms with Gasteiger partial charge >= 0.3 is 0 Å². The third kappa shape index (κ3) is 4.60. The van der Waals surface area contributed by atoms with E-state index >= 15 is 0 Å². The second-order valence-corrected chi connectivity index (χ2v) is 5.10. The van der Waals surface area contributed by atoms with Crippen LogP contribution >= 0.6 is 12.4 Å². The molecule has 6 heteroatoms. The summed E-state index contributed by atoms with van der Waals surface area (Å²) < 4.78 is 10.8. The number of nitrogens with one attached hydrogen (secondary N) is 1. The smallest absolute Gasteiger partial charge is 0.249 e. The average Bonchev–Trinajstić information content (AvgIpc) is 2.55. The van der Waals surface area contributed by atoms with Crippen LogP contribution in [-0.2, 0) is 9.53 Å². The predicted molar refractivity (Wildman–Crippen MR) is 88.7 cm³/mol. The van der Waals surface area contributed by atoms with E-state index in [1.165, 1.54) is 0 Å². The van der Waals surface area contributed by atoms with Gasteiger partial charge in [0.15, 0.2) is 0 Å². The second kappa shape index (κ2) is 9.66. The van der Waals surface area contributed by atoms with Gasteiger partial charge in [0.1, 0.15) is 12.4 Å². The summed E-state index contributed by atoms with van der Waals surface area (Å²) in [6.45, 7) is 5.05. The molecule has 2 rings (SSSR count). The fraction of sp³-hybridized carbons (Fsp3) is 0.562. The van der Waals surface area contributed by atoms with E-state index in [1.54, 1.807) is 7.11 Å². The number of nitrogens with zero attached hydrogens (tertiary/aromatic N) is 1. The Bertz CT molecular complexity index is 470. The van der Waals surface area contributed by atoms with Crippen molar-refractivity contribution >= 4 is 18.3 Å². The van der Waals surface area contributed by atoms with Gasteiger partial charge in [0, 0.05) is 31.8 Å². The van der Waals surface area contributed by atoms with Crippen LogP contribution in [-0.4, -0.2) is 50.8 Å². The quantitative estimate of drug-likeness (QED) is 0.812. The summed E-state index contributed by atoms with van der Waals surface area (Å²) in [6.07, 6.45) is 0.921. The molecule has 1 fully saturated rings. The number of piperazine rings is 1. The fourth-order valence-electron chi connectivity index (χ4n) is 2.61. The first-order valence-corrected chi connectivity index (χ1v) is 7.48. The highest BCUT2D eigenvalue weighted by molar-refractivity contribution is 5.85. The first-order valence-electron chi connectivity index (χ1n) is 7.48. The molecule has 1 aromatic carbocycles. The molecule has 1 heterocycles. The van der Waals surface area contributed by atoms with Crippen LogP contribution in [0.4, 0.5) is 0 Å². The summed E-state index contributed by atoms with van der Waals surface area (Å²) >= 11 is 0. The van der Waals surface area contributed by atoms with Crippen molar-refractivity contribution in [1.29, 1.82) is 0 Å². The number of carbonyl (C=O) groups is 1. The summed E-state index contributed by atoms with van der Waals surface area (Å²) in [5, 5.41) is 3.35. The Labute approximate surface area is 138 Å². The predicted octanol–water partition coefficient (Wildman–Crippen LogP) is 2.02. The van der Waals surface area contributed by atoms with E-state index in [0.717, 1.165) is 30.8 Å². The molecule has 1 atom stereocenters. The van der Waals surface area contributed by atoms with Gasteiger partial charge in [-0.05, 0) is 12.5 Å². The van der Waals surface area contributed by atoms with Gasteiger partial charge in [0.25, 0.3) is 0 Å². The monoisotopic (exact) mass is 328 g/mol. The third-order valence-corrected chi connectivity index (χ3v) is 3.64. The molecule has 1 N–H and O–H groups in total. The van der Waals surface area contributed by atoms with Crippen LogP contribution in [0.3, 0.4) is 0 Å².